The molecule has 0 saturated heterocycles. The highest BCUT2D eigenvalue weighted by Crippen LogP contribution is 2.32. The van der Waals surface area contributed by atoms with Crippen molar-refractivity contribution in [3.8, 4) is 5.75 Å². The van der Waals surface area contributed by atoms with Crippen LogP contribution in [-0.4, -0.2) is 18.9 Å². The Morgan fingerprint density at radius 2 is 1.69 bits per heavy atom. The molecule has 0 aliphatic heterocycles. The van der Waals surface area contributed by atoms with Crippen LogP contribution in [0.4, 0.5) is 11.4 Å². The van der Waals surface area contributed by atoms with Gasteiger partial charge in [-0.3, -0.25) is 9.59 Å². The van der Waals surface area contributed by atoms with Gasteiger partial charge in [0.05, 0.1) is 7.11 Å². The van der Waals surface area contributed by atoms with Crippen LogP contribution in [0.25, 0.3) is 11.0 Å². The minimum absolute atomic E-state index is 0.0658. The summed E-state index contributed by atoms with van der Waals surface area (Å²) in [6, 6.07) is 14.1. The van der Waals surface area contributed by atoms with Crippen molar-refractivity contribution >= 4 is 34.2 Å². The maximum atomic E-state index is 12.7. The number of nitrogens with one attached hydrogen (secondary N) is 2. The SMILES string of the molecule is COc1ccc(NC(=O)c2oc3ccccc3c2NC(=O)C(C)C)cc1. The Hall–Kier alpha value is -3.28. The number of amides is 2. The van der Waals surface area contributed by atoms with Crippen molar-refractivity contribution < 1.29 is 18.7 Å². The van der Waals surface area contributed by atoms with Crippen molar-refractivity contribution in [2.24, 2.45) is 5.92 Å². The van der Waals surface area contributed by atoms with Crippen molar-refractivity contribution in [2.45, 2.75) is 13.8 Å². The molecule has 3 aromatic rings. The quantitative estimate of drug-likeness (QED) is 0.718. The van der Waals surface area contributed by atoms with E-state index in [4.69, 9.17) is 9.15 Å². The molecule has 0 aliphatic rings. The summed E-state index contributed by atoms with van der Waals surface area (Å²) in [4.78, 5) is 24.9. The molecule has 0 unspecified atom stereocenters. The molecular weight excluding hydrogens is 332 g/mol. The van der Waals surface area contributed by atoms with Gasteiger partial charge in [0.15, 0.2) is 0 Å². The van der Waals surface area contributed by atoms with Gasteiger partial charge >= 0.3 is 0 Å². The Morgan fingerprint density at radius 3 is 2.35 bits per heavy atom. The van der Waals surface area contributed by atoms with E-state index in [1.54, 1.807) is 57.4 Å². The van der Waals surface area contributed by atoms with Crippen molar-refractivity contribution in [1.29, 1.82) is 0 Å². The highest BCUT2D eigenvalue weighted by atomic mass is 16.5. The fraction of sp³-hybridized carbons (Fsp3) is 0.200. The number of methoxy groups -OCH3 is 1. The van der Waals surface area contributed by atoms with Gasteiger partial charge in [0.2, 0.25) is 11.7 Å². The zero-order valence-electron chi connectivity index (χ0n) is 14.8. The fourth-order valence-electron chi connectivity index (χ4n) is 2.46. The standard InChI is InChI=1S/C20H20N2O4/c1-12(2)19(23)22-17-15-6-4-5-7-16(15)26-18(17)20(24)21-13-8-10-14(25-3)11-9-13/h4-12H,1-3H3,(H,21,24)(H,22,23). The molecule has 1 aromatic heterocycles. The van der Waals surface area contributed by atoms with E-state index in [2.05, 4.69) is 10.6 Å². The number of anilines is 2. The lowest BCUT2D eigenvalue weighted by Crippen LogP contribution is -2.20. The van der Waals surface area contributed by atoms with E-state index in [1.165, 1.54) is 0 Å². The fourth-order valence-corrected chi connectivity index (χ4v) is 2.46. The average molecular weight is 352 g/mol. The van der Waals surface area contributed by atoms with E-state index < -0.39 is 5.91 Å². The van der Waals surface area contributed by atoms with Gasteiger partial charge in [-0.15, -0.1) is 0 Å². The lowest BCUT2D eigenvalue weighted by molar-refractivity contribution is -0.118. The molecule has 3 rings (SSSR count). The second-order valence-corrected chi connectivity index (χ2v) is 6.13. The van der Waals surface area contributed by atoms with Crippen LogP contribution in [0.3, 0.4) is 0 Å². The normalized spacial score (nSPS) is 10.8. The van der Waals surface area contributed by atoms with Crippen LogP contribution in [0.1, 0.15) is 24.4 Å². The molecule has 2 aromatic carbocycles. The van der Waals surface area contributed by atoms with Crippen LogP contribution in [0.2, 0.25) is 0 Å². The molecule has 2 N–H and O–H groups in total. The highest BCUT2D eigenvalue weighted by Gasteiger charge is 2.23. The number of hydrogen-bond donors (Lipinski definition) is 2. The first-order valence-electron chi connectivity index (χ1n) is 8.27. The Balaban J connectivity index is 1.94. The smallest absolute Gasteiger partial charge is 0.293 e. The van der Waals surface area contributed by atoms with Gasteiger partial charge in [-0.05, 0) is 36.4 Å². The van der Waals surface area contributed by atoms with Gasteiger partial charge < -0.3 is 19.8 Å². The van der Waals surface area contributed by atoms with E-state index in [9.17, 15) is 9.59 Å². The molecule has 134 valence electrons. The number of para-hydroxylation sites is 1. The van der Waals surface area contributed by atoms with Crippen molar-refractivity contribution in [3.05, 3.63) is 54.3 Å². The highest BCUT2D eigenvalue weighted by molar-refractivity contribution is 6.14. The molecule has 6 nitrogen and oxygen atoms in total. The van der Waals surface area contributed by atoms with E-state index in [-0.39, 0.29) is 17.6 Å². The minimum Gasteiger partial charge on any atom is -0.497 e. The summed E-state index contributed by atoms with van der Waals surface area (Å²) in [5.74, 6) is -0.0886. The zero-order valence-corrected chi connectivity index (χ0v) is 14.8. The van der Waals surface area contributed by atoms with E-state index in [0.717, 1.165) is 0 Å². The van der Waals surface area contributed by atoms with Crippen LogP contribution in [0.5, 0.6) is 5.75 Å². The maximum absolute atomic E-state index is 12.7. The molecule has 0 bridgehead atoms. The molecule has 26 heavy (non-hydrogen) atoms. The van der Waals surface area contributed by atoms with Crippen molar-refractivity contribution in [1.82, 2.24) is 0 Å². The number of hydrogen-bond acceptors (Lipinski definition) is 4. The van der Waals surface area contributed by atoms with Gasteiger partial charge in [0.1, 0.15) is 17.0 Å². The molecular formula is C20H20N2O4. The van der Waals surface area contributed by atoms with Crippen molar-refractivity contribution in [2.75, 3.05) is 17.7 Å². The summed E-state index contributed by atoms with van der Waals surface area (Å²) in [5, 5.41) is 6.26. The van der Waals surface area contributed by atoms with Gasteiger partial charge in [0.25, 0.3) is 5.91 Å². The lowest BCUT2D eigenvalue weighted by Gasteiger charge is -2.09. The molecule has 1 heterocycles. The first-order chi connectivity index (χ1) is 12.5. The van der Waals surface area contributed by atoms with E-state index >= 15 is 0 Å². The van der Waals surface area contributed by atoms with Crippen LogP contribution >= 0.6 is 0 Å². The second kappa shape index (κ2) is 7.31. The number of fused-ring (bicyclic) bond motifs is 1. The van der Waals surface area contributed by atoms with Crippen LogP contribution < -0.4 is 15.4 Å². The van der Waals surface area contributed by atoms with Crippen molar-refractivity contribution in [3.63, 3.8) is 0 Å². The third-order valence-electron chi connectivity index (χ3n) is 3.92. The maximum Gasteiger partial charge on any atom is 0.293 e. The number of rotatable bonds is 5. The molecule has 0 spiro atoms. The van der Waals surface area contributed by atoms with E-state index in [0.29, 0.717) is 28.1 Å². The number of carbonyl (C=O) groups excluding carboxylic acids is 2. The summed E-state index contributed by atoms with van der Waals surface area (Å²) in [6.45, 7) is 3.57. The number of carbonyl (C=O) groups is 2. The average Bonchev–Trinajstić information content (AvgIpc) is 3.01. The van der Waals surface area contributed by atoms with Crippen LogP contribution in [0.15, 0.2) is 52.9 Å². The molecule has 0 atom stereocenters. The minimum atomic E-state index is -0.439. The second-order valence-electron chi connectivity index (χ2n) is 6.13. The van der Waals surface area contributed by atoms with Crippen LogP contribution in [-0.2, 0) is 4.79 Å². The van der Waals surface area contributed by atoms with Gasteiger partial charge in [0, 0.05) is 17.0 Å². The third kappa shape index (κ3) is 3.54. The Morgan fingerprint density at radius 1 is 1.00 bits per heavy atom. The predicted molar refractivity (Wildman–Crippen MR) is 101 cm³/mol. The first-order valence-corrected chi connectivity index (χ1v) is 8.27. The monoisotopic (exact) mass is 352 g/mol. The van der Waals surface area contributed by atoms with Gasteiger partial charge in [-0.25, -0.2) is 0 Å². The number of ether oxygens (including phenoxy) is 1. The molecule has 0 aliphatic carbocycles. The largest absolute Gasteiger partial charge is 0.497 e. The third-order valence-corrected chi connectivity index (χ3v) is 3.92. The molecule has 0 fully saturated rings. The number of furan rings is 1. The Kier molecular flexibility index (Phi) is 4.93. The summed E-state index contributed by atoms with van der Waals surface area (Å²) < 4.78 is 10.8. The topological polar surface area (TPSA) is 80.6 Å². The summed E-state index contributed by atoms with van der Waals surface area (Å²) in [6.07, 6.45) is 0. The summed E-state index contributed by atoms with van der Waals surface area (Å²) >= 11 is 0. The van der Waals surface area contributed by atoms with Gasteiger partial charge in [-0.1, -0.05) is 26.0 Å². The predicted octanol–water partition coefficient (Wildman–Crippen LogP) is 4.29. The summed E-state index contributed by atoms with van der Waals surface area (Å²) in [7, 11) is 1.58. The summed E-state index contributed by atoms with van der Waals surface area (Å²) in [5.41, 5.74) is 1.51. The molecule has 0 radical (unpaired) electrons. The zero-order chi connectivity index (χ0) is 18.7. The lowest BCUT2D eigenvalue weighted by atomic mass is 10.1. The molecule has 6 heteroatoms. The number of benzene rings is 2. The molecule has 2 amide bonds. The Bertz CT molecular complexity index is 942. The Labute approximate surface area is 151 Å². The van der Waals surface area contributed by atoms with Crippen LogP contribution in [0, 0.1) is 5.92 Å². The van der Waals surface area contributed by atoms with E-state index in [1.807, 2.05) is 12.1 Å². The molecule has 0 saturated carbocycles. The first kappa shape index (κ1) is 17.5. The van der Waals surface area contributed by atoms with Gasteiger partial charge in [-0.2, -0.15) is 0 Å².